The molecule has 3 rings (SSSR count). The lowest BCUT2D eigenvalue weighted by Gasteiger charge is -2.16. The number of hydrogen-bond donors (Lipinski definition) is 4. The van der Waals surface area contributed by atoms with Crippen LogP contribution in [0.3, 0.4) is 0 Å². The third kappa shape index (κ3) is 17.2. The zero-order chi connectivity index (χ0) is 31.9. The summed E-state index contributed by atoms with van der Waals surface area (Å²) < 4.78 is 5.00. The van der Waals surface area contributed by atoms with Crippen LogP contribution in [-0.4, -0.2) is 67.2 Å². The maximum atomic E-state index is 12.1. The van der Waals surface area contributed by atoms with E-state index in [1.165, 1.54) is 30.0 Å². The van der Waals surface area contributed by atoms with Gasteiger partial charge in [0.15, 0.2) is 5.01 Å². The topological polar surface area (TPSA) is 156 Å². The number of nitrogens with zero attached hydrogens (tertiary/aromatic N) is 1. The smallest absolute Gasteiger partial charge is 0.408 e. The van der Waals surface area contributed by atoms with E-state index in [0.29, 0.717) is 11.4 Å². The number of rotatable bonds is 13. The third-order valence-electron chi connectivity index (χ3n) is 5.41. The zero-order valence-corrected chi connectivity index (χ0v) is 25.8. The second kappa shape index (κ2) is 22.2. The van der Waals surface area contributed by atoms with E-state index in [2.05, 4.69) is 45.3 Å². The number of aromatic nitrogens is 1. The fraction of sp³-hybridized carbons (Fsp3) is 0.355. The number of thiazole rings is 1. The molecule has 3 amide bonds. The Bertz CT molecular complexity index is 1230. The fourth-order valence-electron chi connectivity index (χ4n) is 3.29. The molecule has 11 nitrogen and oxygen atoms in total. The molecule has 232 valence electrons. The van der Waals surface area contributed by atoms with Crippen LogP contribution in [0.15, 0.2) is 72.2 Å². The van der Waals surface area contributed by atoms with Crippen molar-refractivity contribution in [3.63, 3.8) is 0 Å². The summed E-state index contributed by atoms with van der Waals surface area (Å²) in [4.78, 5) is 60.5. The molecular formula is C31H41N5O6S. The van der Waals surface area contributed by atoms with Gasteiger partial charge in [-0.2, -0.15) is 0 Å². The molecule has 0 aliphatic rings. The Morgan fingerprint density at radius 1 is 1.00 bits per heavy atom. The summed E-state index contributed by atoms with van der Waals surface area (Å²) in [7, 11) is 1.63. The minimum atomic E-state index is -0.809. The summed E-state index contributed by atoms with van der Waals surface area (Å²) in [6, 6.07) is 18.4. The number of ether oxygens (including phenoxy) is 1. The Morgan fingerprint density at radius 3 is 2.14 bits per heavy atom. The molecule has 0 aliphatic heterocycles. The van der Waals surface area contributed by atoms with Gasteiger partial charge < -0.3 is 30.8 Å². The summed E-state index contributed by atoms with van der Waals surface area (Å²) in [5, 5.41) is 12.3. The Morgan fingerprint density at radius 2 is 1.65 bits per heavy atom. The first-order valence-electron chi connectivity index (χ1n) is 13.8. The van der Waals surface area contributed by atoms with Crippen LogP contribution in [0.1, 0.15) is 47.6 Å². The minimum Gasteiger partial charge on any atom is -0.445 e. The van der Waals surface area contributed by atoms with E-state index in [-0.39, 0.29) is 37.3 Å². The van der Waals surface area contributed by atoms with Gasteiger partial charge in [0.25, 0.3) is 0 Å². The Balaban J connectivity index is 0.000000353. The molecule has 0 radical (unpaired) electrons. The van der Waals surface area contributed by atoms with Crippen molar-refractivity contribution in [2.45, 2.75) is 52.3 Å². The van der Waals surface area contributed by atoms with Gasteiger partial charge in [0.05, 0.1) is 12.6 Å². The quantitative estimate of drug-likeness (QED) is 0.169. The summed E-state index contributed by atoms with van der Waals surface area (Å²) in [5.41, 5.74) is 2.24. The average molecular weight is 612 g/mol. The lowest BCUT2D eigenvalue weighted by atomic mass is 10.2. The molecule has 2 aromatic carbocycles. The summed E-state index contributed by atoms with van der Waals surface area (Å²) in [6.45, 7) is 5.74. The van der Waals surface area contributed by atoms with E-state index in [0.717, 1.165) is 18.3 Å². The van der Waals surface area contributed by atoms with Gasteiger partial charge in [-0.25, -0.2) is 9.78 Å². The number of amides is 3. The highest BCUT2D eigenvalue weighted by atomic mass is 32.1. The highest BCUT2D eigenvalue weighted by Gasteiger charge is 2.24. The maximum Gasteiger partial charge on any atom is 0.408 e. The number of aldehydes is 1. The molecule has 0 bridgehead atoms. The van der Waals surface area contributed by atoms with Crippen molar-refractivity contribution in [1.82, 2.24) is 26.3 Å². The van der Waals surface area contributed by atoms with Gasteiger partial charge in [0, 0.05) is 25.0 Å². The number of ketones is 1. The van der Waals surface area contributed by atoms with Gasteiger partial charge in [-0.15, -0.1) is 11.3 Å². The molecule has 4 N–H and O–H groups in total. The van der Waals surface area contributed by atoms with Crippen molar-refractivity contribution >= 4 is 41.3 Å². The molecule has 0 aliphatic carbocycles. The van der Waals surface area contributed by atoms with Crippen molar-refractivity contribution in [3.8, 4) is 0 Å². The maximum absolute atomic E-state index is 12.1. The number of benzene rings is 2. The lowest BCUT2D eigenvalue weighted by molar-refractivity contribution is -0.122. The minimum absolute atomic E-state index is 0.0448. The van der Waals surface area contributed by atoms with Crippen LogP contribution in [0, 0.1) is 6.92 Å². The molecular weight excluding hydrogens is 570 g/mol. The molecule has 1 heterocycles. The van der Waals surface area contributed by atoms with Crippen LogP contribution in [0.5, 0.6) is 0 Å². The van der Waals surface area contributed by atoms with Crippen LogP contribution in [0.25, 0.3) is 0 Å². The molecule has 3 aromatic rings. The zero-order valence-electron chi connectivity index (χ0n) is 25.0. The molecule has 43 heavy (non-hydrogen) atoms. The van der Waals surface area contributed by atoms with Gasteiger partial charge in [-0.3, -0.25) is 14.4 Å². The summed E-state index contributed by atoms with van der Waals surface area (Å²) in [5.74, 6) is -0.893. The first-order chi connectivity index (χ1) is 20.7. The van der Waals surface area contributed by atoms with Crippen molar-refractivity contribution in [2.75, 3.05) is 20.1 Å². The SMILES string of the molecule is CCCC(C=O)NC(=O)OCc1ccccc1.CNCC(=O)NC(CNC(C)=O)C(=O)c1nccs1.Cc1ccccc1. The highest BCUT2D eigenvalue weighted by molar-refractivity contribution is 7.11. The number of alkyl carbamates (subject to hydrolysis) is 1. The normalized spacial score (nSPS) is 11.2. The first-order valence-corrected chi connectivity index (χ1v) is 14.6. The molecule has 2 unspecified atom stereocenters. The molecule has 1 aromatic heterocycles. The van der Waals surface area contributed by atoms with E-state index in [9.17, 15) is 24.0 Å². The standard InChI is InChI=1S/C13H17NO3.C11H16N4O3S.C7H8/c1-2-6-12(9-15)14-13(16)17-10-11-7-4-3-5-8-11;1-7(16)14-5-8(15-9(17)6-12-2)10(18)11-13-3-4-19-11;1-7-5-3-2-4-6-7/h3-5,7-9,12H,2,6,10H2,1H3,(H,14,16);3-4,8,12H,5-6H2,1-2H3,(H,14,16)(H,15,17);2-6H,1H3. The molecule has 0 saturated carbocycles. The monoisotopic (exact) mass is 611 g/mol. The number of hydrogen-bond acceptors (Lipinski definition) is 9. The van der Waals surface area contributed by atoms with Crippen LogP contribution in [0.2, 0.25) is 0 Å². The van der Waals surface area contributed by atoms with Gasteiger partial charge in [0.2, 0.25) is 17.6 Å². The lowest BCUT2D eigenvalue weighted by Crippen LogP contribution is -2.50. The number of carbonyl (C=O) groups is 5. The van der Waals surface area contributed by atoms with E-state index < -0.39 is 18.2 Å². The Labute approximate surface area is 256 Å². The van der Waals surface area contributed by atoms with E-state index in [4.69, 9.17) is 4.74 Å². The summed E-state index contributed by atoms with van der Waals surface area (Å²) >= 11 is 1.19. The second-order valence-electron chi connectivity index (χ2n) is 9.18. The largest absolute Gasteiger partial charge is 0.445 e. The third-order valence-corrected chi connectivity index (χ3v) is 6.20. The molecule has 12 heteroatoms. The van der Waals surface area contributed by atoms with Crippen LogP contribution >= 0.6 is 11.3 Å². The van der Waals surface area contributed by atoms with Crippen molar-refractivity contribution < 1.29 is 28.7 Å². The van der Waals surface area contributed by atoms with E-state index in [1.807, 2.05) is 55.5 Å². The molecule has 0 saturated heterocycles. The van der Waals surface area contributed by atoms with E-state index in [1.54, 1.807) is 12.4 Å². The van der Waals surface area contributed by atoms with E-state index >= 15 is 0 Å². The molecule has 2 atom stereocenters. The summed E-state index contributed by atoms with van der Waals surface area (Å²) in [6.07, 6.45) is 3.15. The average Bonchev–Trinajstić information content (AvgIpc) is 3.55. The number of aryl methyl sites for hydroxylation is 1. The number of Topliss-reactive ketones (excluding diaryl/α,β-unsaturated/α-hetero) is 1. The predicted molar refractivity (Wildman–Crippen MR) is 167 cm³/mol. The number of nitrogens with one attached hydrogen (secondary N) is 4. The van der Waals surface area contributed by atoms with Crippen LogP contribution in [-0.2, 0) is 25.7 Å². The van der Waals surface area contributed by atoms with Gasteiger partial charge >= 0.3 is 6.09 Å². The number of likely N-dealkylation sites (N-methyl/N-ethyl adjacent to an activating group) is 1. The van der Waals surface area contributed by atoms with Gasteiger partial charge in [-0.05, 0) is 26.0 Å². The van der Waals surface area contributed by atoms with Crippen LogP contribution in [0.4, 0.5) is 4.79 Å². The molecule has 0 fully saturated rings. The van der Waals surface area contributed by atoms with Crippen molar-refractivity contribution in [3.05, 3.63) is 88.4 Å². The van der Waals surface area contributed by atoms with Crippen molar-refractivity contribution in [2.24, 2.45) is 0 Å². The first kappa shape index (κ1) is 36.6. The van der Waals surface area contributed by atoms with Gasteiger partial charge in [-0.1, -0.05) is 79.6 Å². The number of carbonyl (C=O) groups excluding carboxylic acids is 5. The Kier molecular flexibility index (Phi) is 18.9. The Hall–Kier alpha value is -4.42. The van der Waals surface area contributed by atoms with Gasteiger partial charge in [0.1, 0.15) is 18.9 Å². The molecule has 0 spiro atoms. The second-order valence-corrected chi connectivity index (χ2v) is 10.1. The van der Waals surface area contributed by atoms with Crippen LogP contribution < -0.4 is 21.3 Å². The predicted octanol–water partition coefficient (Wildman–Crippen LogP) is 3.44. The van der Waals surface area contributed by atoms with Crippen molar-refractivity contribution in [1.29, 1.82) is 0 Å². The highest BCUT2D eigenvalue weighted by Crippen LogP contribution is 2.07. The fourth-order valence-corrected chi connectivity index (χ4v) is 3.92.